The summed E-state index contributed by atoms with van der Waals surface area (Å²) in [5.74, 6) is 1.18. The fourth-order valence-electron chi connectivity index (χ4n) is 3.37. The molecular formula is C21H25ClN2O2. The first-order valence-electron chi connectivity index (χ1n) is 9.07. The van der Waals surface area contributed by atoms with Crippen molar-refractivity contribution in [3.8, 4) is 5.75 Å². The molecular weight excluding hydrogens is 348 g/mol. The number of nitrogens with zero attached hydrogens (tertiary/aromatic N) is 1. The summed E-state index contributed by atoms with van der Waals surface area (Å²) < 4.78 is 5.16. The molecule has 4 nitrogen and oxygen atoms in total. The standard InChI is InChI=1S/C21H25ClN2O2/c1-26-20-11-5-16(6-12-20)14-23-21(25)24-13-3-2-4-18(15-24)17-7-9-19(22)10-8-17/h5-12,18H,2-4,13-15H2,1H3,(H,23,25). The summed E-state index contributed by atoms with van der Waals surface area (Å²) in [4.78, 5) is 14.6. The predicted octanol–water partition coefficient (Wildman–Crippen LogP) is 4.83. The van der Waals surface area contributed by atoms with Crippen LogP contribution in [0.4, 0.5) is 4.79 Å². The minimum atomic E-state index is 0.00156. The van der Waals surface area contributed by atoms with Gasteiger partial charge >= 0.3 is 6.03 Å². The van der Waals surface area contributed by atoms with Gasteiger partial charge in [-0.3, -0.25) is 0 Å². The summed E-state index contributed by atoms with van der Waals surface area (Å²) in [6, 6.07) is 15.8. The zero-order valence-electron chi connectivity index (χ0n) is 15.1. The molecule has 2 aromatic carbocycles. The Hall–Kier alpha value is -2.20. The molecule has 1 unspecified atom stereocenters. The second-order valence-corrected chi connectivity index (χ2v) is 7.13. The van der Waals surface area contributed by atoms with E-state index in [1.807, 2.05) is 41.3 Å². The van der Waals surface area contributed by atoms with E-state index >= 15 is 0 Å². The molecule has 0 radical (unpaired) electrons. The highest BCUT2D eigenvalue weighted by molar-refractivity contribution is 6.30. The number of carbonyl (C=O) groups excluding carboxylic acids is 1. The minimum Gasteiger partial charge on any atom is -0.497 e. The fourth-order valence-corrected chi connectivity index (χ4v) is 3.49. The van der Waals surface area contributed by atoms with Crippen LogP contribution in [0.15, 0.2) is 48.5 Å². The Morgan fingerprint density at radius 2 is 1.88 bits per heavy atom. The lowest BCUT2D eigenvalue weighted by atomic mass is 9.94. The third-order valence-corrected chi connectivity index (χ3v) is 5.15. The quantitative estimate of drug-likeness (QED) is 0.835. The van der Waals surface area contributed by atoms with E-state index in [1.165, 1.54) is 5.56 Å². The first kappa shape index (κ1) is 18.6. The second-order valence-electron chi connectivity index (χ2n) is 6.70. The number of rotatable bonds is 4. The van der Waals surface area contributed by atoms with Crippen LogP contribution in [0.5, 0.6) is 5.75 Å². The molecule has 3 rings (SSSR count). The van der Waals surface area contributed by atoms with Crippen molar-refractivity contribution in [1.82, 2.24) is 10.2 Å². The zero-order chi connectivity index (χ0) is 18.4. The van der Waals surface area contributed by atoms with Crippen molar-refractivity contribution in [3.05, 3.63) is 64.7 Å². The Balaban J connectivity index is 1.59. The molecule has 0 aromatic heterocycles. The Morgan fingerprint density at radius 1 is 1.15 bits per heavy atom. The molecule has 0 spiro atoms. The molecule has 2 amide bonds. The van der Waals surface area contributed by atoms with Gasteiger partial charge in [-0.05, 0) is 48.2 Å². The monoisotopic (exact) mass is 372 g/mol. The maximum Gasteiger partial charge on any atom is 0.317 e. The maximum atomic E-state index is 12.6. The molecule has 0 bridgehead atoms. The summed E-state index contributed by atoms with van der Waals surface area (Å²) in [6.45, 7) is 2.07. The maximum absolute atomic E-state index is 12.6. The van der Waals surface area contributed by atoms with Crippen LogP contribution < -0.4 is 10.1 Å². The first-order valence-corrected chi connectivity index (χ1v) is 9.44. The van der Waals surface area contributed by atoms with Crippen molar-refractivity contribution < 1.29 is 9.53 Å². The normalized spacial score (nSPS) is 17.5. The number of carbonyl (C=O) groups is 1. The predicted molar refractivity (Wildman–Crippen MR) is 105 cm³/mol. The Bertz CT molecular complexity index is 716. The van der Waals surface area contributed by atoms with Crippen LogP contribution in [0.2, 0.25) is 5.02 Å². The molecule has 138 valence electrons. The van der Waals surface area contributed by atoms with Crippen molar-refractivity contribution >= 4 is 17.6 Å². The number of nitrogens with one attached hydrogen (secondary N) is 1. The molecule has 1 saturated heterocycles. The highest BCUT2D eigenvalue weighted by Gasteiger charge is 2.23. The number of urea groups is 1. The molecule has 5 heteroatoms. The highest BCUT2D eigenvalue weighted by atomic mass is 35.5. The molecule has 2 aromatic rings. The van der Waals surface area contributed by atoms with Gasteiger partial charge in [0.15, 0.2) is 0 Å². The van der Waals surface area contributed by atoms with E-state index in [-0.39, 0.29) is 6.03 Å². The lowest BCUT2D eigenvalue weighted by Crippen LogP contribution is -2.41. The van der Waals surface area contributed by atoms with Crippen LogP contribution in [0.1, 0.15) is 36.3 Å². The van der Waals surface area contributed by atoms with E-state index in [4.69, 9.17) is 16.3 Å². The van der Waals surface area contributed by atoms with Gasteiger partial charge < -0.3 is 15.0 Å². The van der Waals surface area contributed by atoms with Gasteiger partial charge in [-0.25, -0.2) is 4.79 Å². The zero-order valence-corrected chi connectivity index (χ0v) is 15.8. The van der Waals surface area contributed by atoms with E-state index in [0.717, 1.165) is 48.7 Å². The van der Waals surface area contributed by atoms with Gasteiger partial charge in [0.25, 0.3) is 0 Å². The highest BCUT2D eigenvalue weighted by Crippen LogP contribution is 2.27. The van der Waals surface area contributed by atoms with Crippen LogP contribution in [0.25, 0.3) is 0 Å². The SMILES string of the molecule is COc1ccc(CNC(=O)N2CCCCC(c3ccc(Cl)cc3)C2)cc1. The number of benzene rings is 2. The number of hydrogen-bond acceptors (Lipinski definition) is 2. The van der Waals surface area contributed by atoms with Gasteiger partial charge in [-0.1, -0.05) is 42.3 Å². The molecule has 0 aliphatic carbocycles. The minimum absolute atomic E-state index is 0.00156. The average molecular weight is 373 g/mol. The lowest BCUT2D eigenvalue weighted by molar-refractivity contribution is 0.197. The van der Waals surface area contributed by atoms with Crippen LogP contribution in [-0.4, -0.2) is 31.1 Å². The first-order chi connectivity index (χ1) is 12.7. The van der Waals surface area contributed by atoms with Gasteiger partial charge in [0, 0.05) is 30.6 Å². The average Bonchev–Trinajstić information content (AvgIpc) is 2.93. The van der Waals surface area contributed by atoms with Gasteiger partial charge in [0.1, 0.15) is 5.75 Å². The van der Waals surface area contributed by atoms with Crippen LogP contribution in [-0.2, 0) is 6.54 Å². The number of hydrogen-bond donors (Lipinski definition) is 1. The third-order valence-electron chi connectivity index (χ3n) is 4.90. The van der Waals surface area contributed by atoms with E-state index in [9.17, 15) is 4.79 Å². The molecule has 1 aliphatic heterocycles. The molecule has 1 N–H and O–H groups in total. The van der Waals surface area contributed by atoms with Crippen molar-refractivity contribution in [3.63, 3.8) is 0 Å². The van der Waals surface area contributed by atoms with Gasteiger partial charge in [0.2, 0.25) is 0 Å². The number of likely N-dealkylation sites (tertiary alicyclic amines) is 1. The molecule has 26 heavy (non-hydrogen) atoms. The lowest BCUT2D eigenvalue weighted by Gasteiger charge is -2.25. The molecule has 0 saturated carbocycles. The molecule has 1 fully saturated rings. The molecule has 1 heterocycles. The van der Waals surface area contributed by atoms with E-state index in [1.54, 1.807) is 7.11 Å². The van der Waals surface area contributed by atoms with Crippen molar-refractivity contribution in [2.75, 3.05) is 20.2 Å². The van der Waals surface area contributed by atoms with E-state index in [0.29, 0.717) is 12.5 Å². The van der Waals surface area contributed by atoms with Crippen LogP contribution in [0.3, 0.4) is 0 Å². The topological polar surface area (TPSA) is 41.6 Å². The summed E-state index contributed by atoms with van der Waals surface area (Å²) in [5, 5.41) is 3.79. The van der Waals surface area contributed by atoms with Gasteiger partial charge in [0.05, 0.1) is 7.11 Å². The van der Waals surface area contributed by atoms with E-state index < -0.39 is 0 Å². The van der Waals surface area contributed by atoms with Gasteiger partial charge in [-0.15, -0.1) is 0 Å². The van der Waals surface area contributed by atoms with Crippen LogP contribution >= 0.6 is 11.6 Å². The second kappa shape index (κ2) is 8.95. The number of ether oxygens (including phenoxy) is 1. The number of halogens is 1. The van der Waals surface area contributed by atoms with E-state index in [2.05, 4.69) is 17.4 Å². The summed E-state index contributed by atoms with van der Waals surface area (Å²) in [5.41, 5.74) is 2.31. The third kappa shape index (κ3) is 4.92. The Labute approximate surface area is 160 Å². The number of amides is 2. The largest absolute Gasteiger partial charge is 0.497 e. The molecule has 1 atom stereocenters. The smallest absolute Gasteiger partial charge is 0.317 e. The Kier molecular flexibility index (Phi) is 6.40. The molecule has 1 aliphatic rings. The van der Waals surface area contributed by atoms with Crippen molar-refractivity contribution in [2.24, 2.45) is 0 Å². The summed E-state index contributed by atoms with van der Waals surface area (Å²) in [6.07, 6.45) is 3.28. The Morgan fingerprint density at radius 3 is 2.58 bits per heavy atom. The number of methoxy groups -OCH3 is 1. The summed E-state index contributed by atoms with van der Waals surface area (Å²) >= 11 is 6.00. The van der Waals surface area contributed by atoms with Gasteiger partial charge in [-0.2, -0.15) is 0 Å². The van der Waals surface area contributed by atoms with Crippen molar-refractivity contribution in [1.29, 1.82) is 0 Å². The summed E-state index contributed by atoms with van der Waals surface area (Å²) in [7, 11) is 1.65. The van der Waals surface area contributed by atoms with Crippen molar-refractivity contribution in [2.45, 2.75) is 31.7 Å². The fraction of sp³-hybridized carbons (Fsp3) is 0.381. The van der Waals surface area contributed by atoms with Crippen LogP contribution in [0, 0.1) is 0 Å².